The van der Waals surface area contributed by atoms with E-state index in [1.54, 1.807) is 0 Å². The van der Waals surface area contributed by atoms with Crippen molar-refractivity contribution in [2.24, 2.45) is 5.41 Å². The molecule has 0 aliphatic carbocycles. The number of rotatable bonds is 6. The highest BCUT2D eigenvalue weighted by atomic mass is 35.5. The van der Waals surface area contributed by atoms with Gasteiger partial charge in [0.1, 0.15) is 5.75 Å². The van der Waals surface area contributed by atoms with Gasteiger partial charge in [-0.05, 0) is 24.0 Å². The van der Waals surface area contributed by atoms with Crippen LogP contribution in [0.1, 0.15) is 46.6 Å². The third-order valence-corrected chi connectivity index (χ3v) is 3.23. The fourth-order valence-electron chi connectivity index (χ4n) is 1.62. The SMILES string of the molecule is CC(C)NCc1c(Cl)cccc1OCCC(C)(C)C. The third-order valence-electron chi connectivity index (χ3n) is 2.87. The van der Waals surface area contributed by atoms with E-state index in [1.807, 2.05) is 18.2 Å². The maximum absolute atomic E-state index is 6.26. The molecule has 1 aromatic rings. The van der Waals surface area contributed by atoms with Crippen molar-refractivity contribution >= 4 is 11.6 Å². The van der Waals surface area contributed by atoms with Crippen LogP contribution in [0.2, 0.25) is 5.02 Å². The molecule has 0 spiro atoms. The molecule has 19 heavy (non-hydrogen) atoms. The molecule has 0 aromatic heterocycles. The van der Waals surface area contributed by atoms with Crippen LogP contribution in [0.15, 0.2) is 18.2 Å². The fourth-order valence-corrected chi connectivity index (χ4v) is 1.85. The van der Waals surface area contributed by atoms with E-state index < -0.39 is 0 Å². The van der Waals surface area contributed by atoms with Gasteiger partial charge >= 0.3 is 0 Å². The zero-order chi connectivity index (χ0) is 14.5. The summed E-state index contributed by atoms with van der Waals surface area (Å²) in [5.41, 5.74) is 1.33. The van der Waals surface area contributed by atoms with Crippen LogP contribution in [0.25, 0.3) is 0 Å². The predicted molar refractivity (Wildman–Crippen MR) is 83.0 cm³/mol. The number of ether oxygens (including phenoxy) is 1. The van der Waals surface area contributed by atoms with Crippen LogP contribution in [0.4, 0.5) is 0 Å². The normalized spacial score (nSPS) is 11.9. The second kappa shape index (κ2) is 7.16. The van der Waals surface area contributed by atoms with E-state index in [1.165, 1.54) is 0 Å². The van der Waals surface area contributed by atoms with Crippen molar-refractivity contribution in [3.05, 3.63) is 28.8 Å². The second-order valence-corrected chi connectivity index (χ2v) is 6.82. The summed E-state index contributed by atoms with van der Waals surface area (Å²) >= 11 is 6.26. The van der Waals surface area contributed by atoms with Crippen molar-refractivity contribution in [1.82, 2.24) is 5.32 Å². The largest absolute Gasteiger partial charge is 0.493 e. The number of hydrogen-bond acceptors (Lipinski definition) is 2. The molecule has 1 rings (SSSR count). The summed E-state index contributed by atoms with van der Waals surface area (Å²) in [6.45, 7) is 12.4. The zero-order valence-corrected chi connectivity index (χ0v) is 13.5. The van der Waals surface area contributed by atoms with E-state index in [9.17, 15) is 0 Å². The zero-order valence-electron chi connectivity index (χ0n) is 12.7. The molecule has 0 atom stereocenters. The Bertz CT molecular complexity index is 396. The lowest BCUT2D eigenvalue weighted by Gasteiger charge is -2.20. The molecule has 3 heteroatoms. The van der Waals surface area contributed by atoms with Gasteiger partial charge in [0.15, 0.2) is 0 Å². The molecule has 0 heterocycles. The van der Waals surface area contributed by atoms with Gasteiger partial charge in [0.25, 0.3) is 0 Å². The Kier molecular flexibility index (Phi) is 6.15. The molecule has 0 amide bonds. The maximum Gasteiger partial charge on any atom is 0.125 e. The van der Waals surface area contributed by atoms with E-state index in [4.69, 9.17) is 16.3 Å². The minimum absolute atomic E-state index is 0.287. The van der Waals surface area contributed by atoms with E-state index >= 15 is 0 Å². The third kappa shape index (κ3) is 6.31. The molecular formula is C16H26ClNO. The monoisotopic (exact) mass is 283 g/mol. The molecule has 0 saturated heterocycles. The minimum atomic E-state index is 0.287. The van der Waals surface area contributed by atoms with Gasteiger partial charge in [-0.1, -0.05) is 52.3 Å². The Morgan fingerprint density at radius 3 is 2.53 bits per heavy atom. The lowest BCUT2D eigenvalue weighted by atomic mass is 9.93. The first-order valence-corrected chi connectivity index (χ1v) is 7.31. The molecule has 0 bridgehead atoms. The first-order chi connectivity index (χ1) is 8.79. The highest BCUT2D eigenvalue weighted by Gasteiger charge is 2.12. The van der Waals surface area contributed by atoms with Gasteiger partial charge in [-0.15, -0.1) is 0 Å². The summed E-state index contributed by atoms with van der Waals surface area (Å²) in [6.07, 6.45) is 1.02. The molecule has 0 fully saturated rings. The molecule has 0 aliphatic rings. The summed E-state index contributed by atoms with van der Waals surface area (Å²) in [7, 11) is 0. The number of hydrogen-bond donors (Lipinski definition) is 1. The Morgan fingerprint density at radius 1 is 1.26 bits per heavy atom. The summed E-state index contributed by atoms with van der Waals surface area (Å²) in [5.74, 6) is 0.893. The molecule has 1 N–H and O–H groups in total. The average molecular weight is 284 g/mol. The van der Waals surface area contributed by atoms with Crippen molar-refractivity contribution in [1.29, 1.82) is 0 Å². The summed E-state index contributed by atoms with van der Waals surface area (Å²) < 4.78 is 5.90. The Balaban J connectivity index is 2.68. The van der Waals surface area contributed by atoms with Gasteiger partial charge in [-0.25, -0.2) is 0 Å². The van der Waals surface area contributed by atoms with E-state index in [0.29, 0.717) is 6.04 Å². The predicted octanol–water partition coefficient (Wildman–Crippen LogP) is 4.65. The van der Waals surface area contributed by atoms with Crippen LogP contribution in [-0.4, -0.2) is 12.6 Å². The van der Waals surface area contributed by atoms with Crippen LogP contribution >= 0.6 is 11.6 Å². The van der Waals surface area contributed by atoms with Crippen LogP contribution in [0, 0.1) is 5.41 Å². The van der Waals surface area contributed by atoms with Gasteiger partial charge in [0.2, 0.25) is 0 Å². The van der Waals surface area contributed by atoms with E-state index in [0.717, 1.165) is 35.9 Å². The number of nitrogens with one attached hydrogen (secondary N) is 1. The molecule has 0 aliphatic heterocycles. The molecule has 1 aromatic carbocycles. The smallest absolute Gasteiger partial charge is 0.125 e. The Labute approximate surface area is 122 Å². The van der Waals surface area contributed by atoms with Crippen molar-refractivity contribution < 1.29 is 4.74 Å². The summed E-state index contributed by atoms with van der Waals surface area (Å²) in [6, 6.07) is 6.27. The van der Waals surface area contributed by atoms with Crippen molar-refractivity contribution in [2.75, 3.05) is 6.61 Å². The molecule has 0 saturated carbocycles. The van der Waals surface area contributed by atoms with Crippen LogP contribution in [-0.2, 0) is 6.54 Å². The highest BCUT2D eigenvalue weighted by molar-refractivity contribution is 6.31. The first-order valence-electron chi connectivity index (χ1n) is 6.93. The van der Waals surface area contributed by atoms with Gasteiger partial charge in [0.05, 0.1) is 6.61 Å². The van der Waals surface area contributed by atoms with Crippen LogP contribution in [0.5, 0.6) is 5.75 Å². The van der Waals surface area contributed by atoms with Gasteiger partial charge in [-0.3, -0.25) is 0 Å². The molecule has 108 valence electrons. The fraction of sp³-hybridized carbons (Fsp3) is 0.625. The Morgan fingerprint density at radius 2 is 1.95 bits per heavy atom. The van der Waals surface area contributed by atoms with Crippen molar-refractivity contribution in [3.8, 4) is 5.75 Å². The van der Waals surface area contributed by atoms with Gasteiger partial charge in [-0.2, -0.15) is 0 Å². The lowest BCUT2D eigenvalue weighted by Crippen LogP contribution is -2.22. The standard InChI is InChI=1S/C16H26ClNO/c1-12(2)18-11-13-14(17)7-6-8-15(13)19-10-9-16(3,4)5/h6-8,12,18H,9-11H2,1-5H3. The van der Waals surface area contributed by atoms with Gasteiger partial charge < -0.3 is 10.1 Å². The topological polar surface area (TPSA) is 21.3 Å². The first kappa shape index (κ1) is 16.3. The van der Waals surface area contributed by atoms with Crippen molar-refractivity contribution in [3.63, 3.8) is 0 Å². The number of benzene rings is 1. The minimum Gasteiger partial charge on any atom is -0.493 e. The average Bonchev–Trinajstić information content (AvgIpc) is 2.26. The van der Waals surface area contributed by atoms with Crippen LogP contribution in [0.3, 0.4) is 0 Å². The van der Waals surface area contributed by atoms with Gasteiger partial charge in [0, 0.05) is 23.2 Å². The molecule has 0 unspecified atom stereocenters. The lowest BCUT2D eigenvalue weighted by molar-refractivity contribution is 0.241. The maximum atomic E-state index is 6.26. The van der Waals surface area contributed by atoms with E-state index in [2.05, 4.69) is 39.9 Å². The molecule has 2 nitrogen and oxygen atoms in total. The molecular weight excluding hydrogens is 258 g/mol. The van der Waals surface area contributed by atoms with Crippen LogP contribution < -0.4 is 10.1 Å². The quantitative estimate of drug-likeness (QED) is 0.820. The highest BCUT2D eigenvalue weighted by Crippen LogP contribution is 2.27. The summed E-state index contributed by atoms with van der Waals surface area (Å²) in [4.78, 5) is 0. The summed E-state index contributed by atoms with van der Waals surface area (Å²) in [5, 5.41) is 4.15. The Hall–Kier alpha value is -0.730. The van der Waals surface area contributed by atoms with Crippen molar-refractivity contribution in [2.45, 2.75) is 53.6 Å². The molecule has 0 radical (unpaired) electrons. The van der Waals surface area contributed by atoms with E-state index in [-0.39, 0.29) is 5.41 Å². The second-order valence-electron chi connectivity index (χ2n) is 6.41. The number of halogens is 1.